The van der Waals surface area contributed by atoms with Crippen molar-refractivity contribution in [2.45, 2.75) is 13.8 Å². The van der Waals surface area contributed by atoms with Gasteiger partial charge >= 0.3 is 0 Å². The summed E-state index contributed by atoms with van der Waals surface area (Å²) in [5.41, 5.74) is 6.14. The molecule has 1 aliphatic heterocycles. The summed E-state index contributed by atoms with van der Waals surface area (Å²) in [5.74, 6) is 0.644. The number of nitro benzene ring substituents is 1. The molecule has 0 radical (unpaired) electrons. The highest BCUT2D eigenvalue weighted by atomic mass is 16.6. The molecule has 1 amide bonds. The first kappa shape index (κ1) is 13.3. The van der Waals surface area contributed by atoms with Crippen molar-refractivity contribution in [3.05, 3.63) is 33.9 Å². The average molecular weight is 263 g/mol. The second kappa shape index (κ2) is 4.87. The lowest BCUT2D eigenvalue weighted by Crippen LogP contribution is -2.29. The van der Waals surface area contributed by atoms with Gasteiger partial charge in [0, 0.05) is 30.9 Å². The Bertz CT molecular complexity index is 520. The van der Waals surface area contributed by atoms with Gasteiger partial charge in [0.25, 0.3) is 11.6 Å². The van der Waals surface area contributed by atoms with Crippen molar-refractivity contribution in [1.29, 1.82) is 0 Å². The Morgan fingerprint density at radius 1 is 1.37 bits per heavy atom. The molecule has 2 rings (SSSR count). The van der Waals surface area contributed by atoms with Gasteiger partial charge in [-0.1, -0.05) is 13.8 Å². The van der Waals surface area contributed by atoms with Crippen LogP contribution in [0, 0.1) is 22.0 Å². The molecule has 19 heavy (non-hydrogen) atoms. The smallest absolute Gasteiger partial charge is 0.270 e. The molecule has 6 heteroatoms. The number of rotatable bonds is 2. The average Bonchev–Trinajstić information content (AvgIpc) is 2.69. The predicted octanol–water partition coefficient (Wildman–Crippen LogP) is 1.91. The highest BCUT2D eigenvalue weighted by Gasteiger charge is 2.31. The molecule has 6 nitrogen and oxygen atoms in total. The Labute approximate surface area is 111 Å². The van der Waals surface area contributed by atoms with Crippen LogP contribution >= 0.6 is 0 Å². The van der Waals surface area contributed by atoms with E-state index in [1.165, 1.54) is 18.2 Å². The van der Waals surface area contributed by atoms with Gasteiger partial charge in [-0.15, -0.1) is 0 Å². The first-order valence-corrected chi connectivity index (χ1v) is 6.23. The Morgan fingerprint density at radius 3 is 2.47 bits per heavy atom. The summed E-state index contributed by atoms with van der Waals surface area (Å²) in [6, 6.07) is 3.97. The fraction of sp³-hybridized carbons (Fsp3) is 0.462. The number of nitrogens with zero attached hydrogens (tertiary/aromatic N) is 2. The topological polar surface area (TPSA) is 89.5 Å². The van der Waals surface area contributed by atoms with E-state index in [0.29, 0.717) is 24.9 Å². The van der Waals surface area contributed by atoms with E-state index in [1.54, 1.807) is 4.90 Å². The molecular formula is C13H17N3O3. The molecule has 2 N–H and O–H groups in total. The number of hydrogen-bond acceptors (Lipinski definition) is 4. The summed E-state index contributed by atoms with van der Waals surface area (Å²) in [4.78, 5) is 24.3. The van der Waals surface area contributed by atoms with E-state index in [9.17, 15) is 14.9 Å². The Hall–Kier alpha value is -2.11. The summed E-state index contributed by atoms with van der Waals surface area (Å²) in [7, 11) is 0. The summed E-state index contributed by atoms with van der Waals surface area (Å²) in [6.07, 6.45) is 0. The van der Waals surface area contributed by atoms with E-state index in [1.807, 2.05) is 0 Å². The lowest BCUT2D eigenvalue weighted by Gasteiger charge is -2.17. The molecule has 0 saturated carbocycles. The molecule has 2 atom stereocenters. The van der Waals surface area contributed by atoms with Crippen molar-refractivity contribution >= 4 is 17.3 Å². The number of amides is 1. The van der Waals surface area contributed by atoms with Gasteiger partial charge in [0.2, 0.25) is 0 Å². The minimum Gasteiger partial charge on any atom is -0.398 e. The summed E-state index contributed by atoms with van der Waals surface area (Å²) >= 11 is 0. The number of anilines is 1. The third-order valence-corrected chi connectivity index (χ3v) is 3.75. The van der Waals surface area contributed by atoms with E-state index in [4.69, 9.17) is 5.73 Å². The van der Waals surface area contributed by atoms with Crippen LogP contribution in [-0.4, -0.2) is 28.8 Å². The molecule has 0 bridgehead atoms. The first-order valence-electron chi connectivity index (χ1n) is 6.23. The molecule has 1 aliphatic rings. The van der Waals surface area contributed by atoms with E-state index < -0.39 is 4.92 Å². The minimum atomic E-state index is -0.522. The minimum absolute atomic E-state index is 0.113. The molecule has 1 aromatic carbocycles. The lowest BCUT2D eigenvalue weighted by atomic mass is 10.0. The maximum atomic E-state index is 12.4. The largest absolute Gasteiger partial charge is 0.398 e. The fourth-order valence-corrected chi connectivity index (χ4v) is 2.31. The SMILES string of the molecule is CC1CN(C(=O)c2cc([N+](=O)[O-])ccc2N)CC1C. The highest BCUT2D eigenvalue weighted by molar-refractivity contribution is 6.00. The second-order valence-corrected chi connectivity index (χ2v) is 5.19. The molecule has 0 spiro atoms. The van der Waals surface area contributed by atoms with Crippen LogP contribution in [0.4, 0.5) is 11.4 Å². The van der Waals surface area contributed by atoms with Crippen LogP contribution in [0.3, 0.4) is 0 Å². The zero-order valence-corrected chi connectivity index (χ0v) is 11.0. The van der Waals surface area contributed by atoms with Gasteiger partial charge in [0.05, 0.1) is 10.5 Å². The molecule has 2 unspecified atom stereocenters. The van der Waals surface area contributed by atoms with Crippen LogP contribution in [-0.2, 0) is 0 Å². The maximum absolute atomic E-state index is 12.4. The third kappa shape index (κ3) is 2.52. The van der Waals surface area contributed by atoms with Gasteiger partial charge in [-0.25, -0.2) is 0 Å². The van der Waals surface area contributed by atoms with Crippen LogP contribution in [0.15, 0.2) is 18.2 Å². The second-order valence-electron chi connectivity index (χ2n) is 5.19. The number of carbonyl (C=O) groups excluding carboxylic acids is 1. The van der Waals surface area contributed by atoms with Crippen LogP contribution in [0.2, 0.25) is 0 Å². The van der Waals surface area contributed by atoms with Crippen LogP contribution in [0.25, 0.3) is 0 Å². The standard InChI is InChI=1S/C13H17N3O3/c1-8-6-15(7-9(8)2)13(17)11-5-10(16(18)19)3-4-12(11)14/h3-5,8-9H,6-7,14H2,1-2H3. The molecule has 1 heterocycles. The van der Waals surface area contributed by atoms with Gasteiger partial charge in [-0.05, 0) is 17.9 Å². The van der Waals surface area contributed by atoms with E-state index in [-0.39, 0.29) is 22.8 Å². The van der Waals surface area contributed by atoms with Crippen molar-refractivity contribution in [1.82, 2.24) is 4.90 Å². The summed E-state index contributed by atoms with van der Waals surface area (Å²) in [6.45, 7) is 5.52. The van der Waals surface area contributed by atoms with Gasteiger partial charge < -0.3 is 10.6 Å². The van der Waals surface area contributed by atoms with Crippen molar-refractivity contribution in [3.63, 3.8) is 0 Å². The monoisotopic (exact) mass is 263 g/mol. The fourth-order valence-electron chi connectivity index (χ4n) is 2.31. The number of hydrogen-bond donors (Lipinski definition) is 1. The molecule has 1 fully saturated rings. The summed E-state index contributed by atoms with van der Waals surface area (Å²) < 4.78 is 0. The quantitative estimate of drug-likeness (QED) is 0.501. The zero-order valence-electron chi connectivity index (χ0n) is 11.0. The Kier molecular flexibility index (Phi) is 3.42. The lowest BCUT2D eigenvalue weighted by molar-refractivity contribution is -0.384. The molecule has 102 valence electrons. The van der Waals surface area contributed by atoms with Gasteiger partial charge in [0.1, 0.15) is 0 Å². The zero-order chi connectivity index (χ0) is 14.2. The molecule has 1 aromatic rings. The number of carbonyl (C=O) groups is 1. The number of nitro groups is 1. The van der Waals surface area contributed by atoms with Crippen molar-refractivity contribution in [3.8, 4) is 0 Å². The number of nitrogen functional groups attached to an aromatic ring is 1. The molecule has 0 aromatic heterocycles. The first-order chi connectivity index (χ1) is 8.90. The maximum Gasteiger partial charge on any atom is 0.270 e. The number of non-ortho nitro benzene ring substituents is 1. The van der Waals surface area contributed by atoms with E-state index in [0.717, 1.165) is 0 Å². The van der Waals surface area contributed by atoms with E-state index in [2.05, 4.69) is 13.8 Å². The molecule has 1 saturated heterocycles. The predicted molar refractivity (Wildman–Crippen MR) is 71.7 cm³/mol. The van der Waals surface area contributed by atoms with Crippen LogP contribution in [0.5, 0.6) is 0 Å². The summed E-state index contributed by atoms with van der Waals surface area (Å²) in [5, 5.41) is 10.8. The van der Waals surface area contributed by atoms with Gasteiger partial charge in [-0.2, -0.15) is 0 Å². The van der Waals surface area contributed by atoms with Crippen molar-refractivity contribution in [2.75, 3.05) is 18.8 Å². The van der Waals surface area contributed by atoms with Crippen molar-refractivity contribution < 1.29 is 9.72 Å². The Morgan fingerprint density at radius 2 is 1.95 bits per heavy atom. The molecule has 0 aliphatic carbocycles. The normalized spacial score (nSPS) is 22.5. The Balaban J connectivity index is 2.29. The third-order valence-electron chi connectivity index (χ3n) is 3.75. The van der Waals surface area contributed by atoms with Crippen LogP contribution in [0.1, 0.15) is 24.2 Å². The van der Waals surface area contributed by atoms with Gasteiger partial charge in [-0.3, -0.25) is 14.9 Å². The highest BCUT2D eigenvalue weighted by Crippen LogP contribution is 2.27. The number of nitrogens with two attached hydrogens (primary N) is 1. The van der Waals surface area contributed by atoms with E-state index >= 15 is 0 Å². The molecular weight excluding hydrogens is 246 g/mol. The van der Waals surface area contributed by atoms with Gasteiger partial charge in [0.15, 0.2) is 0 Å². The van der Waals surface area contributed by atoms with Crippen molar-refractivity contribution in [2.24, 2.45) is 11.8 Å². The van der Waals surface area contributed by atoms with Crippen LogP contribution < -0.4 is 5.73 Å². The number of benzene rings is 1. The number of likely N-dealkylation sites (tertiary alicyclic amines) is 1.